The molecule has 1 heterocycles. The second-order valence-electron chi connectivity index (χ2n) is 4.19. The third-order valence-corrected chi connectivity index (χ3v) is 3.80. The van der Waals surface area contributed by atoms with E-state index in [-0.39, 0.29) is 5.97 Å². The zero-order valence-corrected chi connectivity index (χ0v) is 12.1. The molecule has 2 rings (SSSR count). The van der Waals surface area contributed by atoms with Crippen molar-refractivity contribution in [3.05, 3.63) is 30.6 Å². The number of thioether (sulfide) groups is 1. The molecule has 5 nitrogen and oxygen atoms in total. The molecule has 106 valence electrons. The molecule has 0 saturated heterocycles. The van der Waals surface area contributed by atoms with Gasteiger partial charge in [0, 0.05) is 11.1 Å². The Morgan fingerprint density at radius 2 is 2.20 bits per heavy atom. The Hall–Kier alpha value is -1.66. The average Bonchev–Trinajstić information content (AvgIpc) is 2.47. The molecule has 0 radical (unpaired) electrons. The molecular weight excluding hydrogens is 274 g/mol. The van der Waals surface area contributed by atoms with Gasteiger partial charge in [-0.2, -0.15) is 0 Å². The SMILES string of the molecule is CCOC(=O)C(N)CCSc1ncnc2ccccc12. The third kappa shape index (κ3) is 3.68. The van der Waals surface area contributed by atoms with Gasteiger partial charge in [-0.05, 0) is 19.4 Å². The van der Waals surface area contributed by atoms with Crippen molar-refractivity contribution in [1.82, 2.24) is 9.97 Å². The number of hydrogen-bond acceptors (Lipinski definition) is 6. The molecule has 1 atom stereocenters. The van der Waals surface area contributed by atoms with Crippen LogP contribution in [0.5, 0.6) is 0 Å². The van der Waals surface area contributed by atoms with Crippen LogP contribution in [0.25, 0.3) is 10.9 Å². The summed E-state index contributed by atoms with van der Waals surface area (Å²) in [5, 5.41) is 1.93. The maximum Gasteiger partial charge on any atom is 0.322 e. The molecule has 1 aromatic heterocycles. The van der Waals surface area contributed by atoms with Gasteiger partial charge in [-0.1, -0.05) is 18.2 Å². The summed E-state index contributed by atoms with van der Waals surface area (Å²) in [5.74, 6) is 0.363. The number of benzene rings is 1. The summed E-state index contributed by atoms with van der Waals surface area (Å²) in [6, 6.07) is 7.27. The smallest absolute Gasteiger partial charge is 0.322 e. The van der Waals surface area contributed by atoms with E-state index >= 15 is 0 Å². The van der Waals surface area contributed by atoms with Crippen molar-refractivity contribution >= 4 is 28.6 Å². The Morgan fingerprint density at radius 1 is 1.40 bits per heavy atom. The van der Waals surface area contributed by atoms with Gasteiger partial charge in [-0.15, -0.1) is 11.8 Å². The molecular formula is C14H17N3O2S. The minimum absolute atomic E-state index is 0.347. The number of nitrogens with zero attached hydrogens (tertiary/aromatic N) is 2. The maximum atomic E-state index is 11.4. The molecule has 0 aliphatic rings. The molecule has 1 aromatic carbocycles. The zero-order valence-electron chi connectivity index (χ0n) is 11.3. The van der Waals surface area contributed by atoms with E-state index in [9.17, 15) is 4.79 Å². The predicted molar refractivity (Wildman–Crippen MR) is 79.5 cm³/mol. The summed E-state index contributed by atoms with van der Waals surface area (Å²) in [5.41, 5.74) is 6.68. The normalized spacial score (nSPS) is 12.3. The molecule has 0 aliphatic carbocycles. The van der Waals surface area contributed by atoms with Gasteiger partial charge in [0.05, 0.1) is 12.1 Å². The first-order valence-corrected chi connectivity index (χ1v) is 7.45. The number of para-hydroxylation sites is 1. The number of nitrogens with two attached hydrogens (primary N) is 1. The Bertz CT molecular complexity index is 586. The first-order chi connectivity index (χ1) is 9.72. The number of esters is 1. The second kappa shape index (κ2) is 7.21. The van der Waals surface area contributed by atoms with E-state index in [2.05, 4.69) is 9.97 Å². The lowest BCUT2D eigenvalue weighted by atomic mass is 10.2. The third-order valence-electron chi connectivity index (χ3n) is 2.76. The fourth-order valence-corrected chi connectivity index (χ4v) is 2.76. The summed E-state index contributed by atoms with van der Waals surface area (Å²) in [4.78, 5) is 19.9. The standard InChI is InChI=1S/C14H17N3O2S/c1-2-19-14(18)11(15)7-8-20-13-10-5-3-4-6-12(10)16-9-17-13/h3-6,9,11H,2,7-8,15H2,1H3. The van der Waals surface area contributed by atoms with Gasteiger partial charge in [-0.3, -0.25) is 4.79 Å². The van der Waals surface area contributed by atoms with E-state index in [4.69, 9.17) is 10.5 Å². The lowest BCUT2D eigenvalue weighted by Crippen LogP contribution is -2.32. The molecule has 2 aromatic rings. The number of carbonyl (C=O) groups excluding carboxylic acids is 1. The summed E-state index contributed by atoms with van der Waals surface area (Å²) in [7, 11) is 0. The highest BCUT2D eigenvalue weighted by atomic mass is 32.2. The second-order valence-corrected chi connectivity index (χ2v) is 5.28. The van der Waals surface area contributed by atoms with E-state index in [1.807, 2.05) is 24.3 Å². The van der Waals surface area contributed by atoms with Gasteiger partial charge in [0.2, 0.25) is 0 Å². The number of aromatic nitrogens is 2. The highest BCUT2D eigenvalue weighted by molar-refractivity contribution is 7.99. The van der Waals surface area contributed by atoms with Crippen molar-refractivity contribution < 1.29 is 9.53 Å². The Morgan fingerprint density at radius 3 is 3.00 bits per heavy atom. The van der Waals surface area contributed by atoms with Crippen LogP contribution in [0, 0.1) is 0 Å². The molecule has 0 spiro atoms. The van der Waals surface area contributed by atoms with Crippen LogP contribution in [0.1, 0.15) is 13.3 Å². The average molecular weight is 291 g/mol. The van der Waals surface area contributed by atoms with Crippen LogP contribution in [0.4, 0.5) is 0 Å². The van der Waals surface area contributed by atoms with Crippen molar-refractivity contribution in [3.63, 3.8) is 0 Å². The molecule has 20 heavy (non-hydrogen) atoms. The highest BCUT2D eigenvalue weighted by Gasteiger charge is 2.14. The summed E-state index contributed by atoms with van der Waals surface area (Å²) in [6.45, 7) is 2.13. The molecule has 0 saturated carbocycles. The summed E-state index contributed by atoms with van der Waals surface area (Å²) < 4.78 is 4.88. The lowest BCUT2D eigenvalue weighted by molar-refractivity contribution is -0.144. The van der Waals surface area contributed by atoms with Crippen LogP contribution in [-0.2, 0) is 9.53 Å². The van der Waals surface area contributed by atoms with Crippen molar-refractivity contribution in [2.45, 2.75) is 24.4 Å². The van der Waals surface area contributed by atoms with Crippen molar-refractivity contribution in [1.29, 1.82) is 0 Å². The topological polar surface area (TPSA) is 78.1 Å². The molecule has 6 heteroatoms. The summed E-state index contributed by atoms with van der Waals surface area (Å²) in [6.07, 6.45) is 2.11. The van der Waals surface area contributed by atoms with Crippen LogP contribution < -0.4 is 5.73 Å². The number of ether oxygens (including phenoxy) is 1. The number of fused-ring (bicyclic) bond motifs is 1. The molecule has 2 N–H and O–H groups in total. The van der Waals surface area contributed by atoms with Crippen molar-refractivity contribution in [2.75, 3.05) is 12.4 Å². The molecule has 0 aliphatic heterocycles. The van der Waals surface area contributed by atoms with Gasteiger partial charge in [0.15, 0.2) is 0 Å². The van der Waals surface area contributed by atoms with E-state index in [1.165, 1.54) is 0 Å². The molecule has 1 unspecified atom stereocenters. The summed E-state index contributed by atoms with van der Waals surface area (Å²) >= 11 is 1.57. The fraction of sp³-hybridized carbons (Fsp3) is 0.357. The lowest BCUT2D eigenvalue weighted by Gasteiger charge is -2.10. The van der Waals surface area contributed by atoms with Crippen LogP contribution in [0.3, 0.4) is 0 Å². The van der Waals surface area contributed by atoms with Crippen LogP contribution >= 0.6 is 11.8 Å². The minimum Gasteiger partial charge on any atom is -0.465 e. The number of rotatable bonds is 6. The van der Waals surface area contributed by atoms with Gasteiger partial charge < -0.3 is 10.5 Å². The first kappa shape index (κ1) is 14.7. The first-order valence-electron chi connectivity index (χ1n) is 6.47. The Labute approximate surface area is 121 Å². The van der Waals surface area contributed by atoms with Crippen molar-refractivity contribution in [2.24, 2.45) is 5.73 Å². The fourth-order valence-electron chi connectivity index (χ4n) is 1.74. The molecule has 0 bridgehead atoms. The van der Waals surface area contributed by atoms with E-state index in [0.717, 1.165) is 15.9 Å². The largest absolute Gasteiger partial charge is 0.465 e. The quantitative estimate of drug-likeness (QED) is 0.498. The van der Waals surface area contributed by atoms with Gasteiger partial charge in [-0.25, -0.2) is 9.97 Å². The van der Waals surface area contributed by atoms with Gasteiger partial charge in [0.25, 0.3) is 0 Å². The van der Waals surface area contributed by atoms with E-state index in [1.54, 1.807) is 25.0 Å². The van der Waals surface area contributed by atoms with Gasteiger partial charge >= 0.3 is 5.97 Å². The number of hydrogen-bond donors (Lipinski definition) is 1. The Kier molecular flexibility index (Phi) is 5.31. The number of carbonyl (C=O) groups is 1. The van der Waals surface area contributed by atoms with Gasteiger partial charge in [0.1, 0.15) is 17.4 Å². The minimum atomic E-state index is -0.574. The zero-order chi connectivity index (χ0) is 14.4. The Balaban J connectivity index is 1.95. The van der Waals surface area contributed by atoms with Crippen LogP contribution in [0.2, 0.25) is 0 Å². The maximum absolute atomic E-state index is 11.4. The monoisotopic (exact) mass is 291 g/mol. The van der Waals surface area contributed by atoms with Crippen LogP contribution in [0.15, 0.2) is 35.6 Å². The predicted octanol–water partition coefficient (Wildman–Crippen LogP) is 2.00. The molecule has 0 fully saturated rings. The highest BCUT2D eigenvalue weighted by Crippen LogP contribution is 2.24. The van der Waals surface area contributed by atoms with E-state index < -0.39 is 6.04 Å². The van der Waals surface area contributed by atoms with Crippen molar-refractivity contribution in [3.8, 4) is 0 Å². The van der Waals surface area contributed by atoms with E-state index in [0.29, 0.717) is 18.8 Å². The molecule has 0 amide bonds. The van der Waals surface area contributed by atoms with Crippen LogP contribution in [-0.4, -0.2) is 34.3 Å².